The van der Waals surface area contributed by atoms with Crippen LogP contribution in [0.15, 0.2) is 22.7 Å². The maximum absolute atomic E-state index is 12.4. The maximum Gasteiger partial charge on any atom is 0.573 e. The lowest BCUT2D eigenvalue weighted by Gasteiger charge is -2.20. The van der Waals surface area contributed by atoms with Gasteiger partial charge < -0.3 is 14.8 Å². The van der Waals surface area contributed by atoms with Gasteiger partial charge >= 0.3 is 6.36 Å². The van der Waals surface area contributed by atoms with E-state index in [1.807, 2.05) is 13.8 Å². The van der Waals surface area contributed by atoms with Crippen LogP contribution in [0.4, 0.5) is 18.9 Å². The van der Waals surface area contributed by atoms with Crippen LogP contribution in [0.2, 0.25) is 0 Å². The number of anilines is 1. The van der Waals surface area contributed by atoms with Crippen molar-refractivity contribution in [2.75, 3.05) is 11.9 Å². The fourth-order valence-corrected chi connectivity index (χ4v) is 2.64. The highest BCUT2D eigenvalue weighted by Gasteiger charge is 2.33. The second-order valence-electron chi connectivity index (χ2n) is 5.61. The molecule has 1 atom stereocenters. The maximum atomic E-state index is 12.4. The molecular formula is C14H17BrF3NO2. The van der Waals surface area contributed by atoms with Crippen molar-refractivity contribution in [3.8, 4) is 5.75 Å². The molecular weight excluding hydrogens is 351 g/mol. The molecule has 1 fully saturated rings. The molecule has 1 unspecified atom stereocenters. The molecule has 21 heavy (non-hydrogen) atoms. The van der Waals surface area contributed by atoms with E-state index in [0.717, 1.165) is 12.8 Å². The lowest BCUT2D eigenvalue weighted by molar-refractivity contribution is -0.274. The van der Waals surface area contributed by atoms with Gasteiger partial charge in [0.15, 0.2) is 5.75 Å². The molecule has 0 bridgehead atoms. The van der Waals surface area contributed by atoms with Crippen molar-refractivity contribution in [3.63, 3.8) is 0 Å². The van der Waals surface area contributed by atoms with Crippen molar-refractivity contribution < 1.29 is 22.6 Å². The summed E-state index contributed by atoms with van der Waals surface area (Å²) in [5.41, 5.74) is 0.126. The van der Waals surface area contributed by atoms with E-state index < -0.39 is 6.36 Å². The Balaban J connectivity index is 2.02. The number of alkyl halides is 3. The molecule has 1 heterocycles. The van der Waals surface area contributed by atoms with Gasteiger partial charge in [-0.15, -0.1) is 13.2 Å². The van der Waals surface area contributed by atoms with Crippen molar-refractivity contribution in [1.82, 2.24) is 0 Å². The molecule has 1 N–H and O–H groups in total. The number of hydrogen-bond donors (Lipinski definition) is 1. The number of rotatable bonds is 4. The number of hydrogen-bond acceptors (Lipinski definition) is 3. The second-order valence-corrected chi connectivity index (χ2v) is 6.52. The van der Waals surface area contributed by atoms with E-state index in [9.17, 15) is 13.2 Å². The van der Waals surface area contributed by atoms with Crippen LogP contribution in [0.5, 0.6) is 5.75 Å². The van der Waals surface area contributed by atoms with Gasteiger partial charge in [-0.05, 0) is 44.9 Å². The Morgan fingerprint density at radius 3 is 2.71 bits per heavy atom. The Kier molecular flexibility index (Phi) is 4.72. The Bertz CT molecular complexity index is 505. The van der Waals surface area contributed by atoms with Gasteiger partial charge in [0.1, 0.15) is 0 Å². The molecule has 1 aliphatic heterocycles. The van der Waals surface area contributed by atoms with Crippen LogP contribution >= 0.6 is 15.9 Å². The van der Waals surface area contributed by atoms with E-state index in [-0.39, 0.29) is 17.5 Å². The Morgan fingerprint density at radius 1 is 1.43 bits per heavy atom. The van der Waals surface area contributed by atoms with Gasteiger partial charge in [-0.25, -0.2) is 0 Å². The monoisotopic (exact) mass is 367 g/mol. The number of halogens is 4. The summed E-state index contributed by atoms with van der Waals surface area (Å²) in [7, 11) is 0. The van der Waals surface area contributed by atoms with E-state index in [1.165, 1.54) is 6.07 Å². The minimum atomic E-state index is -4.72. The Labute approximate surface area is 129 Å². The molecule has 0 spiro atoms. The van der Waals surface area contributed by atoms with Crippen LogP contribution in [0.25, 0.3) is 0 Å². The molecule has 1 aromatic rings. The fourth-order valence-electron chi connectivity index (χ4n) is 2.30. The Hall–Kier alpha value is -0.950. The minimum absolute atomic E-state index is 0.0117. The van der Waals surface area contributed by atoms with Gasteiger partial charge in [0.2, 0.25) is 0 Å². The quantitative estimate of drug-likeness (QED) is 0.835. The lowest BCUT2D eigenvalue weighted by Crippen LogP contribution is -2.25. The number of benzene rings is 1. The van der Waals surface area contributed by atoms with E-state index in [2.05, 4.69) is 26.0 Å². The summed E-state index contributed by atoms with van der Waals surface area (Å²) in [6, 6.07) is 4.49. The third-order valence-corrected chi connectivity index (χ3v) is 3.74. The zero-order valence-electron chi connectivity index (χ0n) is 11.8. The highest BCUT2D eigenvalue weighted by Crippen LogP contribution is 2.34. The first-order chi connectivity index (χ1) is 9.65. The molecule has 0 aromatic heterocycles. The standard InChI is InChI=1S/C14H17BrF3NO2/c1-13(2)6-5-10(20-13)8-19-11-4-3-9(15)7-12(11)21-14(16,17)18/h3-4,7,10,19H,5-6,8H2,1-2H3. The first kappa shape index (κ1) is 16.4. The lowest BCUT2D eigenvalue weighted by atomic mass is 10.1. The predicted molar refractivity (Wildman–Crippen MR) is 77.5 cm³/mol. The fraction of sp³-hybridized carbons (Fsp3) is 0.571. The molecule has 0 aliphatic carbocycles. The SMILES string of the molecule is CC1(C)CCC(CNc2ccc(Br)cc2OC(F)(F)F)O1. The summed E-state index contributed by atoms with van der Waals surface area (Å²) in [6.07, 6.45) is -2.91. The topological polar surface area (TPSA) is 30.5 Å². The molecule has 118 valence electrons. The molecule has 1 saturated heterocycles. The molecule has 1 aliphatic rings. The third kappa shape index (κ3) is 5.07. The van der Waals surface area contributed by atoms with Gasteiger partial charge in [0, 0.05) is 11.0 Å². The zero-order valence-corrected chi connectivity index (χ0v) is 13.3. The van der Waals surface area contributed by atoms with Gasteiger partial charge in [-0.3, -0.25) is 0 Å². The van der Waals surface area contributed by atoms with Crippen molar-refractivity contribution in [3.05, 3.63) is 22.7 Å². The molecule has 2 rings (SSSR count). The summed E-state index contributed by atoms with van der Waals surface area (Å²) in [5.74, 6) is -0.255. The summed E-state index contributed by atoms with van der Waals surface area (Å²) >= 11 is 3.14. The highest BCUT2D eigenvalue weighted by molar-refractivity contribution is 9.10. The van der Waals surface area contributed by atoms with E-state index in [4.69, 9.17) is 4.74 Å². The molecule has 0 amide bonds. The van der Waals surface area contributed by atoms with Crippen LogP contribution in [-0.4, -0.2) is 24.6 Å². The molecule has 0 saturated carbocycles. The van der Waals surface area contributed by atoms with E-state index in [1.54, 1.807) is 12.1 Å². The van der Waals surface area contributed by atoms with Gasteiger partial charge in [-0.1, -0.05) is 15.9 Å². The van der Waals surface area contributed by atoms with Crippen molar-refractivity contribution >= 4 is 21.6 Å². The summed E-state index contributed by atoms with van der Waals surface area (Å²) < 4.78 is 47.6. The van der Waals surface area contributed by atoms with E-state index >= 15 is 0 Å². The molecule has 3 nitrogen and oxygen atoms in total. The molecule has 7 heteroatoms. The summed E-state index contributed by atoms with van der Waals surface area (Å²) in [4.78, 5) is 0. The summed E-state index contributed by atoms with van der Waals surface area (Å²) in [6.45, 7) is 4.45. The second kappa shape index (κ2) is 6.04. The minimum Gasteiger partial charge on any atom is -0.404 e. The predicted octanol–water partition coefficient (Wildman–Crippen LogP) is 4.72. The summed E-state index contributed by atoms with van der Waals surface area (Å²) in [5, 5.41) is 2.97. The van der Waals surface area contributed by atoms with Crippen molar-refractivity contribution in [2.24, 2.45) is 0 Å². The number of nitrogens with one attached hydrogen (secondary N) is 1. The smallest absolute Gasteiger partial charge is 0.404 e. The number of ether oxygens (including phenoxy) is 2. The van der Waals surface area contributed by atoms with Crippen LogP contribution in [0.1, 0.15) is 26.7 Å². The average molecular weight is 368 g/mol. The molecule has 1 aromatic carbocycles. The van der Waals surface area contributed by atoms with Crippen LogP contribution in [0.3, 0.4) is 0 Å². The van der Waals surface area contributed by atoms with Crippen molar-refractivity contribution in [1.29, 1.82) is 0 Å². The van der Waals surface area contributed by atoms with Crippen molar-refractivity contribution in [2.45, 2.75) is 44.8 Å². The normalized spacial score (nSPS) is 21.3. The van der Waals surface area contributed by atoms with E-state index in [0.29, 0.717) is 16.7 Å². The largest absolute Gasteiger partial charge is 0.573 e. The van der Waals surface area contributed by atoms with Gasteiger partial charge in [0.05, 0.1) is 17.4 Å². The first-order valence-corrected chi connectivity index (χ1v) is 7.41. The van der Waals surface area contributed by atoms with Gasteiger partial charge in [0.25, 0.3) is 0 Å². The zero-order chi connectivity index (χ0) is 15.7. The van der Waals surface area contributed by atoms with Crippen LogP contribution in [-0.2, 0) is 4.74 Å². The third-order valence-electron chi connectivity index (χ3n) is 3.24. The average Bonchev–Trinajstić information content (AvgIpc) is 2.66. The first-order valence-electron chi connectivity index (χ1n) is 6.62. The highest BCUT2D eigenvalue weighted by atomic mass is 79.9. The molecule has 0 radical (unpaired) electrons. The van der Waals surface area contributed by atoms with Crippen LogP contribution < -0.4 is 10.1 Å². The van der Waals surface area contributed by atoms with Crippen LogP contribution in [0, 0.1) is 0 Å². The van der Waals surface area contributed by atoms with Gasteiger partial charge in [-0.2, -0.15) is 0 Å². The Morgan fingerprint density at radius 2 is 2.14 bits per heavy atom.